The number of thiophene rings is 1. The molecular formula is C13H9Cl3OS. The molecule has 0 saturated carbocycles. The molecule has 2 aromatic rings. The second kappa shape index (κ2) is 5.22. The van der Waals surface area contributed by atoms with Crippen molar-refractivity contribution in [2.24, 2.45) is 0 Å². The number of carbonyl (C=O) groups excluding carboxylic acids is 1. The van der Waals surface area contributed by atoms with Gasteiger partial charge >= 0.3 is 0 Å². The molecule has 0 aliphatic heterocycles. The average Bonchev–Trinajstić information content (AvgIpc) is 2.62. The first-order chi connectivity index (χ1) is 8.40. The van der Waals surface area contributed by atoms with Gasteiger partial charge in [-0.15, -0.1) is 11.3 Å². The van der Waals surface area contributed by atoms with Gasteiger partial charge in [-0.2, -0.15) is 0 Å². The van der Waals surface area contributed by atoms with Gasteiger partial charge in [-0.25, -0.2) is 0 Å². The molecule has 1 heterocycles. The van der Waals surface area contributed by atoms with Crippen LogP contribution < -0.4 is 0 Å². The summed E-state index contributed by atoms with van der Waals surface area (Å²) in [5, 5.41) is 0.651. The molecule has 0 bridgehead atoms. The molecule has 0 N–H and O–H groups in total. The zero-order chi connectivity index (χ0) is 13.4. The van der Waals surface area contributed by atoms with E-state index in [4.69, 9.17) is 34.8 Å². The molecule has 1 aromatic carbocycles. The summed E-state index contributed by atoms with van der Waals surface area (Å²) >= 11 is 19.1. The van der Waals surface area contributed by atoms with Crippen molar-refractivity contribution in [1.29, 1.82) is 0 Å². The van der Waals surface area contributed by atoms with Crippen molar-refractivity contribution in [3.05, 3.63) is 54.1 Å². The molecule has 0 aliphatic rings. The van der Waals surface area contributed by atoms with Gasteiger partial charge in [-0.3, -0.25) is 4.79 Å². The molecule has 0 spiro atoms. The van der Waals surface area contributed by atoms with E-state index in [1.165, 1.54) is 11.3 Å². The number of ketones is 1. The number of aryl methyl sites for hydroxylation is 2. The lowest BCUT2D eigenvalue weighted by molar-refractivity contribution is 0.103. The first-order valence-corrected chi connectivity index (χ1v) is 7.11. The van der Waals surface area contributed by atoms with Gasteiger partial charge in [0.25, 0.3) is 0 Å². The zero-order valence-corrected chi connectivity index (χ0v) is 12.8. The lowest BCUT2D eigenvalue weighted by atomic mass is 9.99. The Labute approximate surface area is 124 Å². The SMILES string of the molecule is Cc1cc(C(=O)c2cc(Cl)sc2Cl)c(C)cc1Cl. The summed E-state index contributed by atoms with van der Waals surface area (Å²) in [6.45, 7) is 3.71. The lowest BCUT2D eigenvalue weighted by Crippen LogP contribution is -2.03. The lowest BCUT2D eigenvalue weighted by Gasteiger charge is -2.07. The van der Waals surface area contributed by atoms with E-state index in [9.17, 15) is 4.79 Å². The number of hydrogen-bond acceptors (Lipinski definition) is 2. The maximum absolute atomic E-state index is 12.4. The third-order valence-corrected chi connectivity index (χ3v) is 4.55. The topological polar surface area (TPSA) is 17.1 Å². The Balaban J connectivity index is 2.53. The van der Waals surface area contributed by atoms with Crippen molar-refractivity contribution in [3.8, 4) is 0 Å². The maximum Gasteiger partial charge on any atom is 0.195 e. The minimum absolute atomic E-state index is 0.125. The molecule has 1 aromatic heterocycles. The van der Waals surface area contributed by atoms with Gasteiger partial charge in [-0.1, -0.05) is 34.8 Å². The highest BCUT2D eigenvalue weighted by atomic mass is 35.5. The summed E-state index contributed by atoms with van der Waals surface area (Å²) in [6, 6.07) is 5.16. The minimum Gasteiger partial charge on any atom is -0.289 e. The molecule has 2 rings (SSSR count). The highest BCUT2D eigenvalue weighted by Crippen LogP contribution is 2.33. The van der Waals surface area contributed by atoms with Crippen LogP contribution in [0.5, 0.6) is 0 Å². The van der Waals surface area contributed by atoms with Crippen LogP contribution in [0.2, 0.25) is 13.7 Å². The molecular weight excluding hydrogens is 311 g/mol. The average molecular weight is 320 g/mol. The Hall–Kier alpha value is -0.540. The molecule has 0 aliphatic carbocycles. The van der Waals surface area contributed by atoms with Crippen LogP contribution in [0.1, 0.15) is 27.0 Å². The van der Waals surface area contributed by atoms with Crippen molar-refractivity contribution in [2.75, 3.05) is 0 Å². The second-order valence-electron chi connectivity index (χ2n) is 3.98. The summed E-state index contributed by atoms with van der Waals surface area (Å²) < 4.78 is 0.920. The smallest absolute Gasteiger partial charge is 0.195 e. The predicted molar refractivity (Wildman–Crippen MR) is 78.7 cm³/mol. The van der Waals surface area contributed by atoms with E-state index in [1.807, 2.05) is 13.8 Å². The Morgan fingerprint density at radius 3 is 2.22 bits per heavy atom. The van der Waals surface area contributed by atoms with Crippen LogP contribution in [0, 0.1) is 13.8 Å². The summed E-state index contributed by atoms with van der Waals surface area (Å²) in [6.07, 6.45) is 0. The molecule has 5 heteroatoms. The van der Waals surface area contributed by atoms with E-state index in [0.29, 0.717) is 24.8 Å². The van der Waals surface area contributed by atoms with Crippen LogP contribution in [0.25, 0.3) is 0 Å². The predicted octanol–water partition coefficient (Wildman–Crippen LogP) is 5.56. The largest absolute Gasteiger partial charge is 0.289 e. The van der Waals surface area contributed by atoms with E-state index >= 15 is 0 Å². The van der Waals surface area contributed by atoms with Gasteiger partial charge in [0.15, 0.2) is 5.78 Å². The van der Waals surface area contributed by atoms with Gasteiger partial charge in [0.1, 0.15) is 4.34 Å². The van der Waals surface area contributed by atoms with Crippen LogP contribution in [-0.2, 0) is 0 Å². The number of hydrogen-bond donors (Lipinski definition) is 0. The Bertz CT molecular complexity index is 631. The van der Waals surface area contributed by atoms with Gasteiger partial charge < -0.3 is 0 Å². The van der Waals surface area contributed by atoms with E-state index in [0.717, 1.165) is 11.1 Å². The fourth-order valence-electron chi connectivity index (χ4n) is 1.67. The Morgan fingerprint density at radius 1 is 1.00 bits per heavy atom. The first kappa shape index (κ1) is 13.9. The third kappa shape index (κ3) is 2.57. The van der Waals surface area contributed by atoms with Crippen molar-refractivity contribution < 1.29 is 4.79 Å². The van der Waals surface area contributed by atoms with E-state index < -0.39 is 0 Å². The van der Waals surface area contributed by atoms with Crippen LogP contribution in [0.3, 0.4) is 0 Å². The number of rotatable bonds is 2. The summed E-state index contributed by atoms with van der Waals surface area (Å²) in [7, 11) is 0. The second-order valence-corrected chi connectivity index (χ2v) is 6.68. The molecule has 18 heavy (non-hydrogen) atoms. The maximum atomic E-state index is 12.4. The first-order valence-electron chi connectivity index (χ1n) is 5.16. The molecule has 0 atom stereocenters. The van der Waals surface area contributed by atoms with E-state index in [2.05, 4.69) is 0 Å². The minimum atomic E-state index is -0.125. The quantitative estimate of drug-likeness (QED) is 0.663. The number of benzene rings is 1. The molecule has 0 fully saturated rings. The molecule has 94 valence electrons. The van der Waals surface area contributed by atoms with Crippen LogP contribution >= 0.6 is 46.1 Å². The van der Waals surface area contributed by atoms with Crippen LogP contribution in [0.4, 0.5) is 0 Å². The van der Waals surface area contributed by atoms with Crippen molar-refractivity contribution in [1.82, 2.24) is 0 Å². The molecule has 0 radical (unpaired) electrons. The van der Waals surface area contributed by atoms with Gasteiger partial charge in [0.2, 0.25) is 0 Å². The third-order valence-electron chi connectivity index (χ3n) is 2.65. The zero-order valence-electron chi connectivity index (χ0n) is 9.68. The standard InChI is InChI=1S/C13H9Cl3OS/c1-6-4-10(14)7(2)3-8(6)12(17)9-5-11(15)18-13(9)16/h3-5H,1-2H3. The summed E-state index contributed by atoms with van der Waals surface area (Å²) in [4.78, 5) is 12.4. The molecule has 1 nitrogen and oxygen atoms in total. The van der Waals surface area contributed by atoms with Crippen LogP contribution in [-0.4, -0.2) is 5.78 Å². The van der Waals surface area contributed by atoms with Gasteiger partial charge in [-0.05, 0) is 43.2 Å². The van der Waals surface area contributed by atoms with Crippen LogP contribution in [0.15, 0.2) is 18.2 Å². The number of halogens is 3. The monoisotopic (exact) mass is 318 g/mol. The fraction of sp³-hybridized carbons (Fsp3) is 0.154. The van der Waals surface area contributed by atoms with E-state index in [-0.39, 0.29) is 5.78 Å². The normalized spacial score (nSPS) is 10.7. The van der Waals surface area contributed by atoms with Crippen molar-refractivity contribution in [2.45, 2.75) is 13.8 Å². The molecule has 0 saturated heterocycles. The highest BCUT2D eigenvalue weighted by molar-refractivity contribution is 7.20. The van der Waals surface area contributed by atoms with Crippen molar-refractivity contribution >= 4 is 51.9 Å². The van der Waals surface area contributed by atoms with E-state index in [1.54, 1.807) is 18.2 Å². The molecule has 0 amide bonds. The Morgan fingerprint density at radius 2 is 1.67 bits per heavy atom. The Kier molecular flexibility index (Phi) is 4.02. The fourth-order valence-corrected chi connectivity index (χ4v) is 3.34. The summed E-state index contributed by atoms with van der Waals surface area (Å²) in [5.74, 6) is -0.125. The summed E-state index contributed by atoms with van der Waals surface area (Å²) in [5.41, 5.74) is 2.74. The van der Waals surface area contributed by atoms with Gasteiger partial charge in [0.05, 0.1) is 9.90 Å². The number of carbonyl (C=O) groups is 1. The van der Waals surface area contributed by atoms with Gasteiger partial charge in [0, 0.05) is 10.6 Å². The molecule has 0 unspecified atom stereocenters. The van der Waals surface area contributed by atoms with Crippen molar-refractivity contribution in [3.63, 3.8) is 0 Å². The highest BCUT2D eigenvalue weighted by Gasteiger charge is 2.18.